The quantitative estimate of drug-likeness (QED) is 0.575. The van der Waals surface area contributed by atoms with Crippen LogP contribution in [0, 0.1) is 12.8 Å². The number of piperidine rings is 1. The first kappa shape index (κ1) is 22.1. The van der Waals surface area contributed by atoms with Crippen LogP contribution < -0.4 is 9.64 Å². The van der Waals surface area contributed by atoms with E-state index in [1.54, 1.807) is 12.0 Å². The van der Waals surface area contributed by atoms with Gasteiger partial charge in [0.25, 0.3) is 5.89 Å². The molecule has 2 saturated heterocycles. The molecule has 0 aliphatic carbocycles. The lowest BCUT2D eigenvalue weighted by molar-refractivity contribution is -0.136. The molecule has 1 atom stereocenters. The minimum absolute atomic E-state index is 0.0196. The monoisotopic (exact) mass is 460 g/mol. The van der Waals surface area contributed by atoms with Gasteiger partial charge in [-0.05, 0) is 56.2 Å². The summed E-state index contributed by atoms with van der Waals surface area (Å²) in [5.74, 6) is 1.84. The second-order valence-corrected chi connectivity index (χ2v) is 9.03. The molecule has 0 N–H and O–H groups in total. The number of hydrogen-bond acceptors (Lipinski definition) is 6. The number of likely N-dealkylation sites (tertiary alicyclic amines) is 1. The molecule has 8 nitrogen and oxygen atoms in total. The van der Waals surface area contributed by atoms with Gasteiger partial charge < -0.3 is 19.1 Å². The molecule has 2 aromatic carbocycles. The van der Waals surface area contributed by atoms with Crippen molar-refractivity contribution in [2.75, 3.05) is 31.6 Å². The van der Waals surface area contributed by atoms with Gasteiger partial charge in [-0.25, -0.2) is 0 Å². The fourth-order valence-corrected chi connectivity index (χ4v) is 4.72. The lowest BCUT2D eigenvalue weighted by Crippen LogP contribution is -2.42. The van der Waals surface area contributed by atoms with E-state index in [2.05, 4.69) is 10.1 Å². The van der Waals surface area contributed by atoms with Crippen molar-refractivity contribution in [2.45, 2.75) is 32.1 Å². The number of nitrogens with zero attached hydrogens (tertiary/aromatic N) is 4. The Labute approximate surface area is 198 Å². The highest BCUT2D eigenvalue weighted by molar-refractivity contribution is 6.00. The predicted molar refractivity (Wildman–Crippen MR) is 126 cm³/mol. The summed E-state index contributed by atoms with van der Waals surface area (Å²) in [6.45, 7) is 3.71. The van der Waals surface area contributed by atoms with Crippen molar-refractivity contribution in [3.8, 4) is 17.2 Å². The Morgan fingerprint density at radius 2 is 1.76 bits per heavy atom. The predicted octanol–water partition coefficient (Wildman–Crippen LogP) is 3.81. The van der Waals surface area contributed by atoms with Gasteiger partial charge in [0.2, 0.25) is 11.8 Å². The topological polar surface area (TPSA) is 88.8 Å². The highest BCUT2D eigenvalue weighted by Gasteiger charge is 2.38. The van der Waals surface area contributed by atoms with Crippen molar-refractivity contribution in [2.24, 2.45) is 5.92 Å². The minimum atomic E-state index is -0.315. The number of carbonyl (C=O) groups excluding carboxylic acids is 2. The van der Waals surface area contributed by atoms with E-state index in [0.29, 0.717) is 31.3 Å². The molecule has 2 aliphatic rings. The summed E-state index contributed by atoms with van der Waals surface area (Å²) in [6, 6.07) is 15.4. The van der Waals surface area contributed by atoms with Crippen LogP contribution >= 0.6 is 0 Å². The molecule has 0 saturated carbocycles. The number of amides is 2. The van der Waals surface area contributed by atoms with Crippen LogP contribution in [0.4, 0.5) is 5.69 Å². The number of rotatable bonds is 5. The maximum atomic E-state index is 13.2. The van der Waals surface area contributed by atoms with Gasteiger partial charge in [-0.3, -0.25) is 9.59 Å². The SMILES string of the molecule is COc1ccc(N2CC(C(=O)N3CCC(c4noc(-c5ccc(C)cc5)n4)CC3)CC2=O)cc1. The number of ether oxygens (including phenoxy) is 1. The second-order valence-electron chi connectivity index (χ2n) is 9.03. The molecule has 2 amide bonds. The molecule has 1 aromatic heterocycles. The third kappa shape index (κ3) is 4.40. The van der Waals surface area contributed by atoms with E-state index >= 15 is 0 Å². The van der Waals surface area contributed by atoms with E-state index in [1.807, 2.05) is 60.4 Å². The normalized spacial score (nSPS) is 19.0. The third-order valence-corrected chi connectivity index (χ3v) is 6.77. The minimum Gasteiger partial charge on any atom is -0.497 e. The number of benzene rings is 2. The van der Waals surface area contributed by atoms with Crippen LogP contribution in [0.25, 0.3) is 11.5 Å². The van der Waals surface area contributed by atoms with Crippen LogP contribution in [0.3, 0.4) is 0 Å². The Kier molecular flexibility index (Phi) is 6.04. The number of aryl methyl sites for hydroxylation is 1. The molecule has 176 valence electrons. The summed E-state index contributed by atoms with van der Waals surface area (Å²) in [5, 5.41) is 4.20. The molecule has 3 aromatic rings. The van der Waals surface area contributed by atoms with E-state index in [4.69, 9.17) is 9.26 Å². The zero-order valence-corrected chi connectivity index (χ0v) is 19.4. The van der Waals surface area contributed by atoms with E-state index in [9.17, 15) is 9.59 Å². The van der Waals surface area contributed by atoms with E-state index in [0.717, 1.165) is 29.8 Å². The highest BCUT2D eigenvalue weighted by Crippen LogP contribution is 2.31. The molecular formula is C26H28N4O4. The summed E-state index contributed by atoms with van der Waals surface area (Å²) >= 11 is 0. The molecule has 3 heterocycles. The average Bonchev–Trinajstić information content (AvgIpc) is 3.52. The fourth-order valence-electron chi connectivity index (χ4n) is 4.72. The van der Waals surface area contributed by atoms with Gasteiger partial charge in [-0.1, -0.05) is 22.9 Å². The molecular weight excluding hydrogens is 432 g/mol. The number of aromatic nitrogens is 2. The van der Waals surface area contributed by atoms with Crippen molar-refractivity contribution in [1.82, 2.24) is 15.0 Å². The lowest BCUT2D eigenvalue weighted by Gasteiger charge is -2.32. The first-order valence-electron chi connectivity index (χ1n) is 11.7. The van der Waals surface area contributed by atoms with Crippen LogP contribution in [-0.4, -0.2) is 53.6 Å². The molecule has 0 spiro atoms. The van der Waals surface area contributed by atoms with Gasteiger partial charge in [0.15, 0.2) is 5.82 Å². The Hall–Kier alpha value is -3.68. The summed E-state index contributed by atoms with van der Waals surface area (Å²) in [5.41, 5.74) is 2.88. The van der Waals surface area contributed by atoms with Crippen molar-refractivity contribution in [3.63, 3.8) is 0 Å². The van der Waals surface area contributed by atoms with E-state index < -0.39 is 0 Å². The highest BCUT2D eigenvalue weighted by atomic mass is 16.5. The zero-order chi connectivity index (χ0) is 23.7. The molecule has 0 bridgehead atoms. The molecule has 2 aliphatic heterocycles. The van der Waals surface area contributed by atoms with E-state index in [-0.39, 0.29) is 30.1 Å². The maximum Gasteiger partial charge on any atom is 0.257 e. The van der Waals surface area contributed by atoms with Crippen LogP contribution in [0.15, 0.2) is 53.1 Å². The fraction of sp³-hybridized carbons (Fsp3) is 0.385. The summed E-state index contributed by atoms with van der Waals surface area (Å²) in [4.78, 5) is 33.9. The van der Waals surface area contributed by atoms with Gasteiger partial charge in [-0.2, -0.15) is 4.98 Å². The van der Waals surface area contributed by atoms with Gasteiger partial charge in [0.1, 0.15) is 5.75 Å². The van der Waals surface area contributed by atoms with Gasteiger partial charge >= 0.3 is 0 Å². The average molecular weight is 461 g/mol. The first-order chi connectivity index (χ1) is 16.5. The molecule has 0 radical (unpaired) electrons. The molecule has 2 fully saturated rings. The van der Waals surface area contributed by atoms with Crippen LogP contribution in [0.5, 0.6) is 5.75 Å². The van der Waals surface area contributed by atoms with Crippen molar-refractivity contribution in [3.05, 3.63) is 59.9 Å². The van der Waals surface area contributed by atoms with Crippen LogP contribution in [0.1, 0.15) is 36.6 Å². The lowest BCUT2D eigenvalue weighted by atomic mass is 9.95. The van der Waals surface area contributed by atoms with E-state index in [1.165, 1.54) is 5.56 Å². The first-order valence-corrected chi connectivity index (χ1v) is 11.7. The number of anilines is 1. The summed E-state index contributed by atoms with van der Waals surface area (Å²) in [7, 11) is 1.61. The third-order valence-electron chi connectivity index (χ3n) is 6.77. The van der Waals surface area contributed by atoms with Crippen LogP contribution in [-0.2, 0) is 9.59 Å². The molecule has 5 rings (SSSR count). The van der Waals surface area contributed by atoms with Crippen LogP contribution in [0.2, 0.25) is 0 Å². The smallest absolute Gasteiger partial charge is 0.257 e. The van der Waals surface area contributed by atoms with Crippen molar-refractivity contribution in [1.29, 1.82) is 0 Å². The number of carbonyl (C=O) groups is 2. The van der Waals surface area contributed by atoms with Crippen molar-refractivity contribution >= 4 is 17.5 Å². The largest absolute Gasteiger partial charge is 0.497 e. The Morgan fingerprint density at radius 3 is 2.44 bits per heavy atom. The maximum absolute atomic E-state index is 13.2. The van der Waals surface area contributed by atoms with Crippen molar-refractivity contribution < 1.29 is 18.8 Å². The Bertz CT molecular complexity index is 1160. The number of methoxy groups -OCH3 is 1. The molecule has 1 unspecified atom stereocenters. The zero-order valence-electron chi connectivity index (χ0n) is 19.4. The second kappa shape index (κ2) is 9.29. The summed E-state index contributed by atoms with van der Waals surface area (Å²) < 4.78 is 10.7. The van der Waals surface area contributed by atoms with Gasteiger partial charge in [-0.15, -0.1) is 0 Å². The van der Waals surface area contributed by atoms with Gasteiger partial charge in [0, 0.05) is 43.2 Å². The number of hydrogen-bond donors (Lipinski definition) is 0. The summed E-state index contributed by atoms with van der Waals surface area (Å²) in [6.07, 6.45) is 1.80. The van der Waals surface area contributed by atoms with Gasteiger partial charge in [0.05, 0.1) is 13.0 Å². The molecule has 34 heavy (non-hydrogen) atoms. The molecule has 8 heteroatoms. The Morgan fingerprint density at radius 1 is 1.06 bits per heavy atom. The standard InChI is InChI=1S/C26H28N4O4/c1-17-3-5-19(6-4-17)25-27-24(28-34-25)18-11-13-29(14-12-18)26(32)20-15-23(31)30(16-20)21-7-9-22(33-2)10-8-21/h3-10,18,20H,11-16H2,1-2H3. The Balaban J connectivity index is 1.18.